The van der Waals surface area contributed by atoms with E-state index in [0.29, 0.717) is 22.2 Å². The van der Waals surface area contributed by atoms with Crippen molar-refractivity contribution in [2.45, 2.75) is 6.54 Å². The monoisotopic (exact) mass is 387 g/mol. The van der Waals surface area contributed by atoms with Gasteiger partial charge in [0.05, 0.1) is 19.5 Å². The average Bonchev–Trinajstić information content (AvgIpc) is 3.36. The molecule has 1 N–H and O–H groups in total. The lowest BCUT2D eigenvalue weighted by Gasteiger charge is -2.27. The summed E-state index contributed by atoms with van der Waals surface area (Å²) in [7, 11) is 0. The highest BCUT2D eigenvalue weighted by molar-refractivity contribution is 6.31. The van der Waals surface area contributed by atoms with Crippen LogP contribution < -0.4 is 5.32 Å². The molecule has 0 aliphatic carbocycles. The number of carbonyl (C=O) groups is 1. The fraction of sp³-hybridized carbons (Fsp3) is 0.263. The van der Waals surface area contributed by atoms with Crippen molar-refractivity contribution < 1.29 is 18.5 Å². The van der Waals surface area contributed by atoms with Crippen LogP contribution in [0.5, 0.6) is 0 Å². The van der Waals surface area contributed by atoms with E-state index < -0.39 is 0 Å². The lowest BCUT2D eigenvalue weighted by molar-refractivity contribution is 0.0342. The fourth-order valence-corrected chi connectivity index (χ4v) is 3.11. The number of furan rings is 1. The van der Waals surface area contributed by atoms with Gasteiger partial charge in [0.2, 0.25) is 5.76 Å². The Labute approximate surface area is 160 Å². The number of hydrogen-bond donors (Lipinski definition) is 1. The van der Waals surface area contributed by atoms with Crippen LogP contribution in [-0.2, 0) is 11.3 Å². The summed E-state index contributed by atoms with van der Waals surface area (Å²) in [6.45, 7) is 4.01. The summed E-state index contributed by atoms with van der Waals surface area (Å²) >= 11 is 6.39. The van der Waals surface area contributed by atoms with Crippen LogP contribution in [0.25, 0.3) is 11.5 Å². The number of nitrogens with one attached hydrogen (secondary N) is 1. The Morgan fingerprint density at radius 2 is 2.04 bits per heavy atom. The first-order valence-electron chi connectivity index (χ1n) is 8.59. The summed E-state index contributed by atoms with van der Waals surface area (Å²) < 4.78 is 15.7. The second kappa shape index (κ2) is 7.96. The van der Waals surface area contributed by atoms with E-state index in [4.69, 9.17) is 25.3 Å². The quantitative estimate of drug-likeness (QED) is 0.719. The van der Waals surface area contributed by atoms with Gasteiger partial charge in [-0.15, -0.1) is 0 Å². The van der Waals surface area contributed by atoms with Gasteiger partial charge in [-0.2, -0.15) is 0 Å². The van der Waals surface area contributed by atoms with Crippen molar-refractivity contribution in [1.29, 1.82) is 0 Å². The number of hydrogen-bond acceptors (Lipinski definition) is 6. The van der Waals surface area contributed by atoms with Crippen molar-refractivity contribution in [2.75, 3.05) is 31.6 Å². The normalized spacial score (nSPS) is 15.0. The molecule has 0 saturated carbocycles. The highest BCUT2D eigenvalue weighted by atomic mass is 35.5. The van der Waals surface area contributed by atoms with Gasteiger partial charge in [-0.1, -0.05) is 22.8 Å². The summed E-state index contributed by atoms with van der Waals surface area (Å²) in [4.78, 5) is 14.7. The molecule has 7 nitrogen and oxygen atoms in total. The number of aromatic nitrogens is 1. The number of morpholine rings is 1. The summed E-state index contributed by atoms with van der Waals surface area (Å²) in [6, 6.07) is 10.5. The van der Waals surface area contributed by atoms with Crippen LogP contribution in [0.3, 0.4) is 0 Å². The van der Waals surface area contributed by atoms with Crippen LogP contribution in [0.4, 0.5) is 5.69 Å². The molecule has 1 saturated heterocycles. The summed E-state index contributed by atoms with van der Waals surface area (Å²) in [5.74, 6) is 0.523. The molecule has 0 bridgehead atoms. The molecular formula is C19H18ClN3O4. The molecule has 4 rings (SSSR count). The first kappa shape index (κ1) is 17.8. The van der Waals surface area contributed by atoms with Crippen LogP contribution in [0, 0.1) is 0 Å². The number of ether oxygens (including phenoxy) is 1. The van der Waals surface area contributed by atoms with Gasteiger partial charge in [-0.3, -0.25) is 9.69 Å². The minimum absolute atomic E-state index is 0.162. The molecule has 1 aromatic carbocycles. The van der Waals surface area contributed by atoms with Gasteiger partial charge >= 0.3 is 0 Å². The van der Waals surface area contributed by atoms with E-state index in [2.05, 4.69) is 15.4 Å². The van der Waals surface area contributed by atoms with Crippen LogP contribution in [-0.4, -0.2) is 42.3 Å². The lowest BCUT2D eigenvalue weighted by atomic mass is 10.1. The maximum Gasteiger partial charge on any atom is 0.277 e. The van der Waals surface area contributed by atoms with Gasteiger partial charge in [0.25, 0.3) is 5.91 Å². The molecule has 27 heavy (non-hydrogen) atoms. The number of rotatable bonds is 5. The number of benzene rings is 1. The first-order chi connectivity index (χ1) is 13.2. The second-order valence-corrected chi connectivity index (χ2v) is 6.61. The van der Waals surface area contributed by atoms with E-state index in [1.165, 1.54) is 12.3 Å². The number of carbonyl (C=O) groups excluding carboxylic acids is 1. The van der Waals surface area contributed by atoms with Crippen LogP contribution in [0.2, 0.25) is 5.02 Å². The minimum atomic E-state index is -0.381. The lowest BCUT2D eigenvalue weighted by Crippen LogP contribution is -2.35. The van der Waals surface area contributed by atoms with Crippen LogP contribution in [0.1, 0.15) is 16.1 Å². The number of halogens is 1. The molecule has 0 unspecified atom stereocenters. The van der Waals surface area contributed by atoms with Gasteiger partial charge in [-0.25, -0.2) is 0 Å². The van der Waals surface area contributed by atoms with Crippen LogP contribution >= 0.6 is 11.6 Å². The minimum Gasteiger partial charge on any atom is -0.461 e. The van der Waals surface area contributed by atoms with E-state index in [9.17, 15) is 4.79 Å². The predicted octanol–water partition coefficient (Wildman–Crippen LogP) is 3.67. The van der Waals surface area contributed by atoms with Crippen molar-refractivity contribution in [2.24, 2.45) is 0 Å². The SMILES string of the molecule is O=C(Nc1ccc(CN2CCOCC2)c(Cl)c1)c1cc(-c2ccco2)on1. The Morgan fingerprint density at radius 3 is 2.78 bits per heavy atom. The molecule has 0 radical (unpaired) electrons. The van der Waals surface area contributed by atoms with Gasteiger partial charge in [0.1, 0.15) is 0 Å². The highest BCUT2D eigenvalue weighted by Crippen LogP contribution is 2.24. The summed E-state index contributed by atoms with van der Waals surface area (Å²) in [6.07, 6.45) is 1.53. The predicted molar refractivity (Wildman–Crippen MR) is 99.7 cm³/mol. The third kappa shape index (κ3) is 4.21. The second-order valence-electron chi connectivity index (χ2n) is 6.20. The van der Waals surface area contributed by atoms with Crippen LogP contribution in [0.15, 0.2) is 51.6 Å². The van der Waals surface area contributed by atoms with Gasteiger partial charge < -0.3 is 19.0 Å². The third-order valence-electron chi connectivity index (χ3n) is 4.32. The number of amides is 1. The molecule has 1 amide bonds. The molecule has 8 heteroatoms. The molecule has 0 atom stereocenters. The van der Waals surface area contributed by atoms with Gasteiger partial charge in [-0.05, 0) is 29.8 Å². The Balaban J connectivity index is 1.41. The molecular weight excluding hydrogens is 370 g/mol. The zero-order chi connectivity index (χ0) is 18.6. The van der Waals surface area contributed by atoms with Crippen molar-refractivity contribution in [1.82, 2.24) is 10.1 Å². The molecule has 1 aliphatic heterocycles. The smallest absolute Gasteiger partial charge is 0.277 e. The van der Waals surface area contributed by atoms with E-state index in [1.807, 2.05) is 12.1 Å². The Hall–Kier alpha value is -2.61. The Morgan fingerprint density at radius 1 is 1.19 bits per heavy atom. The van der Waals surface area contributed by atoms with E-state index in [-0.39, 0.29) is 11.6 Å². The molecule has 0 spiro atoms. The molecule has 1 fully saturated rings. The fourth-order valence-electron chi connectivity index (χ4n) is 2.87. The molecule has 3 heterocycles. The molecule has 140 valence electrons. The summed E-state index contributed by atoms with van der Waals surface area (Å²) in [5, 5.41) is 7.17. The highest BCUT2D eigenvalue weighted by Gasteiger charge is 2.17. The van der Waals surface area contributed by atoms with Crippen molar-refractivity contribution in [3.05, 3.63) is 58.9 Å². The van der Waals surface area contributed by atoms with Gasteiger partial charge in [0, 0.05) is 36.4 Å². The Bertz CT molecular complexity index is 917. The number of anilines is 1. The van der Waals surface area contributed by atoms with Crippen molar-refractivity contribution in [3.63, 3.8) is 0 Å². The topological polar surface area (TPSA) is 80.7 Å². The molecule has 3 aromatic rings. The molecule has 1 aliphatic rings. The van der Waals surface area contributed by atoms with E-state index in [1.54, 1.807) is 18.2 Å². The maximum atomic E-state index is 12.4. The molecule has 2 aromatic heterocycles. The average molecular weight is 388 g/mol. The zero-order valence-electron chi connectivity index (χ0n) is 14.5. The summed E-state index contributed by atoms with van der Waals surface area (Å²) in [5.41, 5.74) is 1.77. The first-order valence-corrected chi connectivity index (χ1v) is 8.97. The third-order valence-corrected chi connectivity index (χ3v) is 4.67. The zero-order valence-corrected chi connectivity index (χ0v) is 15.2. The Kier molecular flexibility index (Phi) is 5.24. The van der Waals surface area contributed by atoms with Crippen molar-refractivity contribution >= 4 is 23.2 Å². The largest absolute Gasteiger partial charge is 0.461 e. The van der Waals surface area contributed by atoms with Crippen molar-refractivity contribution in [3.8, 4) is 11.5 Å². The van der Waals surface area contributed by atoms with E-state index >= 15 is 0 Å². The van der Waals surface area contributed by atoms with Gasteiger partial charge in [0.15, 0.2) is 11.5 Å². The maximum absolute atomic E-state index is 12.4. The van der Waals surface area contributed by atoms with E-state index in [0.717, 1.165) is 38.4 Å². The number of nitrogens with zero attached hydrogens (tertiary/aromatic N) is 2. The standard InChI is InChI=1S/C19H18ClN3O4/c20-15-10-14(4-3-13(15)12-23-5-8-25-9-6-23)21-19(24)16-11-18(27-22-16)17-2-1-7-26-17/h1-4,7,10-11H,5-6,8-9,12H2,(H,21,24).